The smallest absolute Gasteiger partial charge is 0.360 e. The molecule has 0 aromatic carbocycles. The molecule has 25 heavy (non-hydrogen) atoms. The van der Waals surface area contributed by atoms with Crippen LogP contribution in [0.1, 0.15) is 32.9 Å². The summed E-state index contributed by atoms with van der Waals surface area (Å²) in [7, 11) is -3.98. The number of halogens is 1. The summed E-state index contributed by atoms with van der Waals surface area (Å²) in [6.07, 6.45) is 1.30. The van der Waals surface area contributed by atoms with Gasteiger partial charge in [0.2, 0.25) is 5.82 Å². The maximum atomic E-state index is 14.0. The Labute approximate surface area is 143 Å². The van der Waals surface area contributed by atoms with Gasteiger partial charge >= 0.3 is 13.3 Å². The van der Waals surface area contributed by atoms with Gasteiger partial charge in [0, 0.05) is 6.61 Å². The van der Waals surface area contributed by atoms with Crippen molar-refractivity contribution in [2.45, 2.75) is 45.3 Å². The van der Waals surface area contributed by atoms with Crippen LogP contribution in [0.2, 0.25) is 0 Å². The molecule has 1 saturated heterocycles. The number of nitrogens with zero attached hydrogens (tertiary/aromatic N) is 2. The predicted molar refractivity (Wildman–Crippen MR) is 86.0 cm³/mol. The van der Waals surface area contributed by atoms with Crippen molar-refractivity contribution in [1.29, 1.82) is 0 Å². The Morgan fingerprint density at radius 3 is 2.56 bits per heavy atom. The topological polar surface area (TPSA) is 109 Å². The number of hydrogen-bond acceptors (Lipinski definition) is 7. The van der Waals surface area contributed by atoms with Crippen LogP contribution in [0.5, 0.6) is 0 Å². The Hall–Kier alpha value is -1.32. The van der Waals surface area contributed by atoms with E-state index in [9.17, 15) is 23.7 Å². The van der Waals surface area contributed by atoms with Crippen LogP contribution in [-0.4, -0.2) is 39.9 Å². The van der Waals surface area contributed by atoms with E-state index in [1.165, 1.54) is 0 Å². The van der Waals surface area contributed by atoms with Crippen molar-refractivity contribution >= 4 is 7.60 Å². The third-order valence-electron chi connectivity index (χ3n) is 3.70. The van der Waals surface area contributed by atoms with Crippen LogP contribution in [0, 0.1) is 5.82 Å². The third-order valence-corrected chi connectivity index (χ3v) is 5.83. The van der Waals surface area contributed by atoms with E-state index < -0.39 is 43.3 Å². The zero-order valence-electron chi connectivity index (χ0n) is 14.1. The molecule has 142 valence electrons. The molecule has 9 nitrogen and oxygen atoms in total. The fourth-order valence-corrected chi connectivity index (χ4v) is 4.07. The lowest BCUT2D eigenvalue weighted by Crippen LogP contribution is -2.44. The van der Waals surface area contributed by atoms with Gasteiger partial charge in [-0.3, -0.25) is 18.5 Å². The highest BCUT2D eigenvalue weighted by Crippen LogP contribution is 2.52. The lowest BCUT2D eigenvalue weighted by atomic mass is 10.3. The summed E-state index contributed by atoms with van der Waals surface area (Å²) in [5.41, 5.74) is -2.09. The molecule has 1 aromatic heterocycles. The molecule has 0 bridgehead atoms. The first-order valence-electron chi connectivity index (χ1n) is 8.04. The molecule has 1 N–H and O–H groups in total. The highest BCUT2D eigenvalue weighted by Gasteiger charge is 2.35. The molecule has 0 amide bonds. The van der Waals surface area contributed by atoms with E-state index in [1.807, 2.05) is 0 Å². The molecule has 1 fully saturated rings. The Morgan fingerprint density at radius 2 is 2.04 bits per heavy atom. The Morgan fingerprint density at radius 1 is 1.40 bits per heavy atom. The molecular formula is C14H22FN2O7P. The number of rotatable bonds is 8. The van der Waals surface area contributed by atoms with Gasteiger partial charge in [-0.05, 0) is 26.7 Å². The van der Waals surface area contributed by atoms with E-state index in [2.05, 4.69) is 0 Å². The molecule has 1 aliphatic rings. The number of aromatic nitrogens is 2. The SMILES string of the molecule is CCOP(=O)(OCC)[C@H](O)Cn1c(=O)c(F)cn([C@H]2CCCO2)c1=O. The van der Waals surface area contributed by atoms with Gasteiger partial charge in [0.1, 0.15) is 6.23 Å². The van der Waals surface area contributed by atoms with E-state index in [1.54, 1.807) is 13.8 Å². The van der Waals surface area contributed by atoms with Crippen molar-refractivity contribution in [3.8, 4) is 0 Å². The van der Waals surface area contributed by atoms with Crippen molar-refractivity contribution < 1.29 is 27.8 Å². The summed E-state index contributed by atoms with van der Waals surface area (Å²) in [5.74, 6) is -2.97. The Bertz CT molecular complexity index is 747. The standard InChI is InChI=1S/C14H22FN2O7P/c1-3-23-25(21,24-4-2)12(18)9-17-13(19)10(15)8-16(14(17)20)11-6-5-7-22-11/h8,11-12,18H,3-7,9H2,1-2H3/t11-,12+/m1/s1. The largest absolute Gasteiger partial charge is 0.379 e. The Kier molecular flexibility index (Phi) is 6.70. The second-order valence-electron chi connectivity index (χ2n) is 5.41. The van der Waals surface area contributed by atoms with Gasteiger partial charge in [0.25, 0.3) is 5.56 Å². The van der Waals surface area contributed by atoms with Gasteiger partial charge in [-0.15, -0.1) is 0 Å². The van der Waals surface area contributed by atoms with Crippen molar-refractivity contribution in [1.82, 2.24) is 9.13 Å². The van der Waals surface area contributed by atoms with Crippen LogP contribution in [0.25, 0.3) is 0 Å². The minimum Gasteiger partial charge on any atom is -0.379 e. The Balaban J connectivity index is 2.39. The van der Waals surface area contributed by atoms with E-state index in [4.69, 9.17) is 13.8 Å². The number of hydrogen-bond donors (Lipinski definition) is 1. The van der Waals surface area contributed by atoms with Crippen molar-refractivity contribution in [3.05, 3.63) is 32.9 Å². The molecule has 0 saturated carbocycles. The molecule has 2 atom stereocenters. The maximum absolute atomic E-state index is 14.0. The van der Waals surface area contributed by atoms with Crippen LogP contribution in [-0.2, 0) is 24.9 Å². The van der Waals surface area contributed by atoms with Crippen LogP contribution >= 0.6 is 7.60 Å². The fourth-order valence-electron chi connectivity index (χ4n) is 2.57. The average Bonchev–Trinajstić information content (AvgIpc) is 3.09. The average molecular weight is 380 g/mol. The first kappa shape index (κ1) is 20.0. The zero-order chi connectivity index (χ0) is 18.6. The number of aliphatic hydroxyl groups excluding tert-OH is 1. The van der Waals surface area contributed by atoms with Gasteiger partial charge in [-0.2, -0.15) is 4.39 Å². The van der Waals surface area contributed by atoms with Crippen molar-refractivity contribution in [3.63, 3.8) is 0 Å². The maximum Gasteiger partial charge on any atom is 0.360 e. The van der Waals surface area contributed by atoms with Gasteiger partial charge in [0.05, 0.1) is 26.0 Å². The van der Waals surface area contributed by atoms with Gasteiger partial charge in [-0.1, -0.05) is 0 Å². The highest BCUT2D eigenvalue weighted by molar-refractivity contribution is 7.54. The summed E-state index contributed by atoms with van der Waals surface area (Å²) < 4.78 is 43.2. The van der Waals surface area contributed by atoms with E-state index >= 15 is 0 Å². The van der Waals surface area contributed by atoms with Gasteiger partial charge in [-0.25, -0.2) is 4.79 Å². The molecule has 0 radical (unpaired) electrons. The minimum atomic E-state index is -3.98. The van der Waals surface area contributed by atoms with E-state index in [0.29, 0.717) is 24.0 Å². The molecular weight excluding hydrogens is 358 g/mol. The summed E-state index contributed by atoms with van der Waals surface area (Å²) in [6.45, 7) is 2.79. The zero-order valence-corrected chi connectivity index (χ0v) is 15.0. The molecule has 1 aliphatic heterocycles. The number of aliphatic hydroxyl groups is 1. The number of ether oxygens (including phenoxy) is 1. The second-order valence-corrected chi connectivity index (χ2v) is 7.60. The molecule has 1 aromatic rings. The molecule has 2 heterocycles. The first-order chi connectivity index (χ1) is 11.8. The monoisotopic (exact) mass is 380 g/mol. The van der Waals surface area contributed by atoms with Crippen LogP contribution in [0.3, 0.4) is 0 Å². The van der Waals surface area contributed by atoms with Crippen LogP contribution in [0.15, 0.2) is 15.8 Å². The molecule has 11 heteroatoms. The molecule has 0 aliphatic carbocycles. The predicted octanol–water partition coefficient (Wildman–Crippen LogP) is 1.04. The van der Waals surface area contributed by atoms with Crippen molar-refractivity contribution in [2.75, 3.05) is 19.8 Å². The second kappa shape index (κ2) is 8.37. The molecule has 0 unspecified atom stereocenters. The van der Waals surface area contributed by atoms with E-state index in [-0.39, 0.29) is 13.2 Å². The summed E-state index contributed by atoms with van der Waals surface area (Å²) in [6, 6.07) is 0. The fraction of sp³-hybridized carbons (Fsp3) is 0.714. The quantitative estimate of drug-likeness (QED) is 0.671. The first-order valence-corrected chi connectivity index (χ1v) is 9.65. The summed E-state index contributed by atoms with van der Waals surface area (Å²) >= 11 is 0. The lowest BCUT2D eigenvalue weighted by Gasteiger charge is -2.23. The van der Waals surface area contributed by atoms with Gasteiger partial charge in [0.15, 0.2) is 5.85 Å². The van der Waals surface area contributed by atoms with Crippen molar-refractivity contribution in [2.24, 2.45) is 0 Å². The summed E-state index contributed by atoms with van der Waals surface area (Å²) in [4.78, 5) is 24.5. The van der Waals surface area contributed by atoms with Gasteiger partial charge < -0.3 is 18.9 Å². The molecule has 2 rings (SSSR count). The van der Waals surface area contributed by atoms with E-state index in [0.717, 1.165) is 10.8 Å². The highest BCUT2D eigenvalue weighted by atomic mass is 31.2. The molecule has 0 spiro atoms. The third kappa shape index (κ3) is 4.27. The normalized spacial score (nSPS) is 19.3. The van der Waals surface area contributed by atoms with Crippen LogP contribution in [0.4, 0.5) is 4.39 Å². The minimum absolute atomic E-state index is 0.00741. The lowest BCUT2D eigenvalue weighted by molar-refractivity contribution is 0.0495. The van der Waals surface area contributed by atoms with Crippen LogP contribution < -0.4 is 11.2 Å². The summed E-state index contributed by atoms with van der Waals surface area (Å²) in [5, 5.41) is 10.2.